The molecule has 1 saturated heterocycles. The predicted molar refractivity (Wildman–Crippen MR) is 300 cm³/mol. The number of hydrogen-bond donors (Lipinski definition) is 4. The Morgan fingerprint density at radius 2 is 1.61 bits per heavy atom. The number of fused-ring (bicyclic) bond motifs is 5. The Morgan fingerprint density at radius 1 is 0.844 bits per heavy atom. The van der Waals surface area contributed by atoms with E-state index in [0.717, 1.165) is 101 Å². The van der Waals surface area contributed by atoms with Gasteiger partial charge >= 0.3 is 5.97 Å². The van der Waals surface area contributed by atoms with Crippen LogP contribution in [0.1, 0.15) is 196 Å². The lowest BCUT2D eigenvalue weighted by Crippen LogP contribution is -2.87. The maximum Gasteiger partial charge on any atom is 0.309 e. The number of aliphatic carboxylic acids is 1. The quantitative estimate of drug-likeness (QED) is 0.149. The standard InChI is InChI=1S/C70H90O7/c1-6-11-53-67-34-33-65-27-10-15-46(49-23-21-45-12-7-8-13-48(45)37-49)25-28-68-59-58(62(3,60(73)74)31-29-61(59,2)30-32-63(65,68)4)52-39-64(68)41-66(65,38-50-24-22-47-14-9-16-51(52)56(47)57(50)64)69(67,42-71)54(72)40-70(53,75)77-55(67)36-44-19-17-43(18-20-44)26-35-76-5/h9,14,16-20,22,24,45-46,48-49,52-55,58-59,71-72,75H,6-8,11-13,15,21,23,25-26,28-42H2,1-5H3,(H,73,74)/t45-,46+,48+,49-,52+,53-,54-,55+,58+,59-,61-,62-,63-,64+,65-,66-,67-,68+,69+,70+/m1/s1. The van der Waals surface area contributed by atoms with E-state index in [4.69, 9.17) is 9.47 Å². The summed E-state index contributed by atoms with van der Waals surface area (Å²) >= 11 is 0. The number of ether oxygens (including phenoxy) is 2. The first-order valence-corrected chi connectivity index (χ1v) is 31.6. The fourth-order valence-electron chi connectivity index (χ4n) is 25.9. The summed E-state index contributed by atoms with van der Waals surface area (Å²) in [6.07, 6.45) is 22.1. The molecule has 20 atom stereocenters. The third-order valence-corrected chi connectivity index (χ3v) is 28.4. The maximum absolute atomic E-state index is 14.6. The van der Waals surface area contributed by atoms with Crippen LogP contribution in [0.3, 0.4) is 0 Å². The zero-order chi connectivity index (χ0) is 53.0. The molecule has 3 aromatic carbocycles. The molecule has 7 nitrogen and oxygen atoms in total. The Hall–Kier alpha value is -3.25. The summed E-state index contributed by atoms with van der Waals surface area (Å²) in [5.74, 6) is 9.47. The normalized spacial score (nSPS) is 50.0. The van der Waals surface area contributed by atoms with Gasteiger partial charge in [0.2, 0.25) is 0 Å². The zero-order valence-corrected chi connectivity index (χ0v) is 47.4. The van der Waals surface area contributed by atoms with Crippen LogP contribution in [0.15, 0.2) is 54.6 Å². The van der Waals surface area contributed by atoms with Crippen LogP contribution in [0.2, 0.25) is 0 Å². The van der Waals surface area contributed by atoms with Crippen LogP contribution in [-0.4, -0.2) is 64.7 Å². The van der Waals surface area contributed by atoms with Crippen LogP contribution >= 0.6 is 0 Å². The summed E-state index contributed by atoms with van der Waals surface area (Å²) in [7, 11) is 1.75. The smallest absolute Gasteiger partial charge is 0.309 e. The second-order valence-electron chi connectivity index (χ2n) is 30.1. The Kier molecular flexibility index (Phi) is 11.0. The summed E-state index contributed by atoms with van der Waals surface area (Å²) in [6, 6.07) is 20.8. The molecule has 0 aromatic heterocycles. The van der Waals surface area contributed by atoms with Crippen molar-refractivity contribution in [3.63, 3.8) is 0 Å². The van der Waals surface area contributed by atoms with Crippen molar-refractivity contribution >= 4 is 16.7 Å². The molecule has 11 aliphatic carbocycles. The van der Waals surface area contributed by atoms with Gasteiger partial charge in [0.15, 0.2) is 5.79 Å². The number of carboxylic acids is 1. The first kappa shape index (κ1) is 50.7. The van der Waals surface area contributed by atoms with Crippen LogP contribution in [0.25, 0.3) is 10.8 Å². The van der Waals surface area contributed by atoms with Crippen molar-refractivity contribution in [3.05, 3.63) is 82.4 Å². The molecule has 1 aliphatic heterocycles. The fraction of sp³-hybridized carbons (Fsp3) is 0.729. The maximum atomic E-state index is 14.6. The van der Waals surface area contributed by atoms with E-state index in [1.807, 2.05) is 0 Å². The van der Waals surface area contributed by atoms with E-state index in [1.54, 1.807) is 12.7 Å². The minimum atomic E-state index is -1.53. The number of benzene rings is 3. The molecule has 4 N–H and O–H groups in total. The summed E-state index contributed by atoms with van der Waals surface area (Å²) < 4.78 is 12.9. The first-order valence-electron chi connectivity index (χ1n) is 31.6. The Bertz CT molecular complexity index is 2990. The van der Waals surface area contributed by atoms with E-state index in [0.29, 0.717) is 37.7 Å². The lowest BCUT2D eigenvalue weighted by molar-refractivity contribution is -0.396. The number of aliphatic hydroxyl groups is 3. The molecular weight excluding hydrogens is 953 g/mol. The van der Waals surface area contributed by atoms with Gasteiger partial charge < -0.3 is 29.9 Å². The van der Waals surface area contributed by atoms with E-state index in [1.165, 1.54) is 72.4 Å². The fourth-order valence-corrected chi connectivity index (χ4v) is 25.9. The minimum absolute atomic E-state index is 0.0397. The lowest BCUT2D eigenvalue weighted by Gasteiger charge is -2.89. The molecule has 0 radical (unpaired) electrons. The highest BCUT2D eigenvalue weighted by Gasteiger charge is 2.93. The Morgan fingerprint density at radius 3 is 2.39 bits per heavy atom. The summed E-state index contributed by atoms with van der Waals surface area (Å²) in [6.45, 7) is 10.3. The lowest BCUT2D eigenvalue weighted by atomic mass is 9.13. The van der Waals surface area contributed by atoms with E-state index in [-0.39, 0.29) is 58.4 Å². The van der Waals surface area contributed by atoms with Crippen LogP contribution in [-0.2, 0) is 38.9 Å². The highest BCUT2D eigenvalue weighted by molar-refractivity contribution is 5.94. The van der Waals surface area contributed by atoms with E-state index in [9.17, 15) is 25.2 Å². The minimum Gasteiger partial charge on any atom is -0.481 e. The number of rotatable bonds is 10. The molecular formula is C70H90O7. The van der Waals surface area contributed by atoms with Crippen molar-refractivity contribution in [2.45, 2.75) is 211 Å². The van der Waals surface area contributed by atoms with Gasteiger partial charge in [0, 0.05) is 52.9 Å². The highest BCUT2D eigenvalue weighted by Crippen LogP contribution is 2.95. The third kappa shape index (κ3) is 5.75. The van der Waals surface area contributed by atoms with Gasteiger partial charge in [0.1, 0.15) is 0 Å². The molecule has 1 heterocycles. The van der Waals surface area contributed by atoms with Gasteiger partial charge in [-0.15, -0.1) is 5.92 Å². The Labute approximate surface area is 459 Å². The number of methoxy groups -OCH3 is 1. The van der Waals surface area contributed by atoms with Crippen molar-refractivity contribution in [2.24, 2.45) is 84.7 Å². The largest absolute Gasteiger partial charge is 0.481 e. The second-order valence-corrected chi connectivity index (χ2v) is 30.1. The molecule has 9 fully saturated rings. The van der Waals surface area contributed by atoms with Gasteiger partial charge in [-0.25, -0.2) is 0 Å². The van der Waals surface area contributed by atoms with Crippen LogP contribution < -0.4 is 0 Å². The summed E-state index contributed by atoms with van der Waals surface area (Å²) in [4.78, 5) is 14.6. The number of hydrogen-bond acceptors (Lipinski definition) is 6. The predicted octanol–water partition coefficient (Wildman–Crippen LogP) is 13.3. The zero-order valence-electron chi connectivity index (χ0n) is 47.4. The molecule has 0 unspecified atom stereocenters. The molecule has 8 saturated carbocycles. The topological polar surface area (TPSA) is 116 Å². The molecule has 15 rings (SSSR count). The van der Waals surface area contributed by atoms with Gasteiger partial charge in [-0.3, -0.25) is 4.79 Å². The van der Waals surface area contributed by atoms with E-state index < -0.39 is 51.0 Å². The number of aliphatic hydroxyl groups excluding tert-OH is 2. The Balaban J connectivity index is 1.03. The molecule has 5 spiro atoms. The summed E-state index contributed by atoms with van der Waals surface area (Å²) in [5.41, 5.74) is 1.55. The van der Waals surface area contributed by atoms with Gasteiger partial charge in [-0.2, -0.15) is 0 Å². The van der Waals surface area contributed by atoms with E-state index in [2.05, 4.69) is 94.1 Å². The van der Waals surface area contributed by atoms with Gasteiger partial charge in [-0.05, 0) is 212 Å². The molecule has 7 bridgehead atoms. The average molecular weight is 1040 g/mol. The van der Waals surface area contributed by atoms with Crippen LogP contribution in [0, 0.1) is 96.6 Å². The molecule has 0 amide bonds. The average Bonchev–Trinajstić information content (AvgIpc) is 1.67. The molecule has 12 aliphatic rings. The van der Waals surface area contributed by atoms with Crippen LogP contribution in [0.4, 0.5) is 0 Å². The van der Waals surface area contributed by atoms with Crippen LogP contribution in [0.5, 0.6) is 0 Å². The third-order valence-electron chi connectivity index (χ3n) is 28.4. The number of carboxylic acid groups (broad SMARTS) is 1. The van der Waals surface area contributed by atoms with Crippen molar-refractivity contribution in [1.29, 1.82) is 0 Å². The van der Waals surface area contributed by atoms with E-state index >= 15 is 0 Å². The van der Waals surface area contributed by atoms with Crippen molar-refractivity contribution in [2.75, 3.05) is 20.3 Å². The molecule has 3 aromatic rings. The van der Waals surface area contributed by atoms with Crippen molar-refractivity contribution in [3.8, 4) is 11.8 Å². The number of carbonyl (C=O) groups is 1. The highest BCUT2D eigenvalue weighted by atomic mass is 16.6. The summed E-state index contributed by atoms with van der Waals surface area (Å²) in [5, 5.41) is 55.7. The van der Waals surface area contributed by atoms with Crippen molar-refractivity contribution < 1.29 is 34.7 Å². The molecule has 77 heavy (non-hydrogen) atoms. The van der Waals surface area contributed by atoms with Crippen molar-refractivity contribution in [1.82, 2.24) is 0 Å². The van der Waals surface area contributed by atoms with Gasteiger partial charge in [0.05, 0.1) is 30.8 Å². The van der Waals surface area contributed by atoms with Gasteiger partial charge in [-0.1, -0.05) is 113 Å². The first-order chi connectivity index (χ1) is 37.1. The molecule has 412 valence electrons. The van der Waals surface area contributed by atoms with Gasteiger partial charge in [0.25, 0.3) is 0 Å². The SMILES string of the molecule is CCC[C@@H]1[C@@]23CC[C@@]45C#CC[C@H]([C@@H]6CC[C@H]7CCCC[C@H]7C6)CC[C@@]67[C@@H]8[C@H]([C@H]9C[C@@]6%10C[C@@]4(Cc4ccc6cccc9c6c4%10)[C@]2(CO)[C@H](O)C[C@]1(O)O[C@H]3Cc1ccc(CCOC)cc1)[C@](C)(C(=O)O)CC[C@]8(C)CC[C@]57C. The molecule has 7 heteroatoms. The second kappa shape index (κ2) is 16.7. The monoisotopic (exact) mass is 1040 g/mol.